The molecular formula is C66H127NO5. The molecule has 0 rings (SSSR count). The molecule has 2 atom stereocenters. The minimum Gasteiger partial charge on any atom is -0.466 e. The molecule has 0 spiro atoms. The van der Waals surface area contributed by atoms with Crippen molar-refractivity contribution in [2.24, 2.45) is 0 Å². The Labute approximate surface area is 450 Å². The quantitative estimate of drug-likeness (QED) is 0.0320. The van der Waals surface area contributed by atoms with Gasteiger partial charge in [0.25, 0.3) is 0 Å². The molecule has 0 heterocycles. The zero-order valence-electron chi connectivity index (χ0n) is 48.7. The highest BCUT2D eigenvalue weighted by atomic mass is 16.5. The normalized spacial score (nSPS) is 12.7. The Hall–Kier alpha value is -1.66. The first-order valence-electron chi connectivity index (χ1n) is 32.6. The highest BCUT2D eigenvalue weighted by Gasteiger charge is 2.18. The van der Waals surface area contributed by atoms with E-state index in [1.165, 1.54) is 295 Å². The molecule has 72 heavy (non-hydrogen) atoms. The van der Waals surface area contributed by atoms with Crippen LogP contribution in [0.15, 0.2) is 24.3 Å². The first-order valence-corrected chi connectivity index (χ1v) is 32.6. The number of aliphatic hydroxyl groups excluding tert-OH is 2. The molecule has 0 radical (unpaired) electrons. The minimum absolute atomic E-state index is 0.0197. The summed E-state index contributed by atoms with van der Waals surface area (Å²) in [6, 6.07) is -0.626. The van der Waals surface area contributed by atoms with Gasteiger partial charge in [-0.2, -0.15) is 0 Å². The first-order chi connectivity index (χ1) is 35.5. The average molecular weight is 1010 g/mol. The molecule has 0 aromatic rings. The SMILES string of the molecule is CCCCCCCCCC/C=C/C(O)C(CO)NC(=O)CCCCCCCCCCCCCC/C=C\CCCCCCCCCCCCCCOC(=O)CCCCCCCCCCCCCCCCCCC. The van der Waals surface area contributed by atoms with Gasteiger partial charge in [0, 0.05) is 12.8 Å². The van der Waals surface area contributed by atoms with Gasteiger partial charge in [0.05, 0.1) is 25.4 Å². The Kier molecular flexibility index (Phi) is 60.5. The fraction of sp³-hybridized carbons (Fsp3) is 0.909. The van der Waals surface area contributed by atoms with Gasteiger partial charge in [-0.15, -0.1) is 0 Å². The van der Waals surface area contributed by atoms with E-state index in [4.69, 9.17) is 4.74 Å². The molecule has 0 fully saturated rings. The third-order valence-corrected chi connectivity index (χ3v) is 15.2. The molecule has 0 aliphatic carbocycles. The third-order valence-electron chi connectivity index (χ3n) is 15.2. The molecule has 1 amide bonds. The van der Waals surface area contributed by atoms with E-state index in [1.807, 2.05) is 6.08 Å². The van der Waals surface area contributed by atoms with Gasteiger partial charge in [0.15, 0.2) is 0 Å². The number of nitrogens with one attached hydrogen (secondary N) is 1. The number of hydrogen-bond donors (Lipinski definition) is 3. The summed E-state index contributed by atoms with van der Waals surface area (Å²) < 4.78 is 5.50. The van der Waals surface area contributed by atoms with Crippen molar-refractivity contribution in [2.45, 2.75) is 373 Å². The molecule has 426 valence electrons. The predicted molar refractivity (Wildman–Crippen MR) is 315 cm³/mol. The van der Waals surface area contributed by atoms with Crippen molar-refractivity contribution in [1.82, 2.24) is 5.32 Å². The van der Waals surface area contributed by atoms with Gasteiger partial charge in [0.1, 0.15) is 0 Å². The van der Waals surface area contributed by atoms with Gasteiger partial charge >= 0.3 is 5.97 Å². The zero-order chi connectivity index (χ0) is 52.2. The summed E-state index contributed by atoms with van der Waals surface area (Å²) in [5, 5.41) is 23.0. The molecule has 6 nitrogen and oxygen atoms in total. The van der Waals surface area contributed by atoms with Crippen LogP contribution in [0.5, 0.6) is 0 Å². The van der Waals surface area contributed by atoms with Crippen LogP contribution >= 0.6 is 0 Å². The lowest BCUT2D eigenvalue weighted by Crippen LogP contribution is -2.45. The van der Waals surface area contributed by atoms with E-state index in [2.05, 4.69) is 31.3 Å². The number of aliphatic hydroxyl groups is 2. The zero-order valence-corrected chi connectivity index (χ0v) is 48.7. The van der Waals surface area contributed by atoms with Crippen LogP contribution in [0, 0.1) is 0 Å². The maximum absolute atomic E-state index is 12.4. The van der Waals surface area contributed by atoms with Gasteiger partial charge in [-0.25, -0.2) is 0 Å². The number of ether oxygens (including phenoxy) is 1. The first kappa shape index (κ1) is 70.3. The number of unbranched alkanes of at least 4 members (excludes halogenated alkanes) is 48. The molecule has 0 saturated heterocycles. The van der Waals surface area contributed by atoms with Crippen LogP contribution in [0.25, 0.3) is 0 Å². The van der Waals surface area contributed by atoms with Crippen LogP contribution in [0.4, 0.5) is 0 Å². The lowest BCUT2D eigenvalue weighted by molar-refractivity contribution is -0.143. The number of amides is 1. The van der Waals surface area contributed by atoms with Crippen molar-refractivity contribution in [1.29, 1.82) is 0 Å². The second kappa shape index (κ2) is 61.9. The Morgan fingerprint density at radius 2 is 0.653 bits per heavy atom. The van der Waals surface area contributed by atoms with Gasteiger partial charge in [-0.05, 0) is 57.8 Å². The summed E-state index contributed by atoms with van der Waals surface area (Å²) in [6.45, 7) is 4.91. The molecule has 0 aliphatic heterocycles. The van der Waals surface area contributed by atoms with E-state index in [0.717, 1.165) is 38.5 Å². The fourth-order valence-corrected chi connectivity index (χ4v) is 10.2. The maximum atomic E-state index is 12.4. The van der Waals surface area contributed by atoms with Crippen molar-refractivity contribution in [2.75, 3.05) is 13.2 Å². The standard InChI is InChI=1S/C66H127NO5/c1-3-5-7-9-11-13-15-16-17-30-34-37-40-44-48-52-56-60-66(71)72-61-57-53-49-45-41-38-35-32-29-27-25-23-21-19-18-20-22-24-26-28-31-33-36-39-43-47-51-55-59-65(70)67-63(62-68)64(69)58-54-50-46-42-14-12-10-8-6-4-2/h18-19,54,58,63-64,68-69H,3-17,20-53,55-57,59-62H2,1-2H3,(H,67,70)/b19-18-,58-54+. The van der Waals surface area contributed by atoms with Crippen LogP contribution in [0.1, 0.15) is 361 Å². The summed E-state index contributed by atoms with van der Waals surface area (Å²) >= 11 is 0. The monoisotopic (exact) mass is 1010 g/mol. The van der Waals surface area contributed by atoms with Crippen molar-refractivity contribution < 1.29 is 24.5 Å². The summed E-state index contributed by atoms with van der Waals surface area (Å²) in [4.78, 5) is 24.5. The topological polar surface area (TPSA) is 95.9 Å². The van der Waals surface area contributed by atoms with Gasteiger partial charge < -0.3 is 20.3 Å². The summed E-state index contributed by atoms with van der Waals surface area (Å²) in [7, 11) is 0. The van der Waals surface area contributed by atoms with Crippen LogP contribution in [0.2, 0.25) is 0 Å². The van der Waals surface area contributed by atoms with Gasteiger partial charge in [0.2, 0.25) is 5.91 Å². The van der Waals surface area contributed by atoms with Gasteiger partial charge in [-0.3, -0.25) is 9.59 Å². The smallest absolute Gasteiger partial charge is 0.305 e. The minimum atomic E-state index is -0.842. The van der Waals surface area contributed by atoms with Crippen LogP contribution in [-0.4, -0.2) is 47.4 Å². The number of esters is 1. The van der Waals surface area contributed by atoms with Crippen molar-refractivity contribution in [3.63, 3.8) is 0 Å². The van der Waals surface area contributed by atoms with Crippen LogP contribution in [-0.2, 0) is 14.3 Å². The predicted octanol–water partition coefficient (Wildman–Crippen LogP) is 20.6. The highest BCUT2D eigenvalue weighted by molar-refractivity contribution is 5.76. The summed E-state index contributed by atoms with van der Waals surface area (Å²) in [6.07, 6.45) is 76.8. The van der Waals surface area contributed by atoms with Crippen LogP contribution < -0.4 is 5.32 Å². The molecule has 3 N–H and O–H groups in total. The molecule has 0 bridgehead atoms. The van der Waals surface area contributed by atoms with E-state index in [0.29, 0.717) is 19.4 Å². The summed E-state index contributed by atoms with van der Waals surface area (Å²) in [5.41, 5.74) is 0. The van der Waals surface area contributed by atoms with E-state index in [9.17, 15) is 19.8 Å². The molecular weight excluding hydrogens is 887 g/mol. The Balaban J connectivity index is 3.34. The van der Waals surface area contributed by atoms with E-state index >= 15 is 0 Å². The summed E-state index contributed by atoms with van der Waals surface area (Å²) in [5.74, 6) is -0.0490. The number of carbonyl (C=O) groups is 2. The van der Waals surface area contributed by atoms with Crippen molar-refractivity contribution in [3.05, 3.63) is 24.3 Å². The van der Waals surface area contributed by atoms with Crippen molar-refractivity contribution in [3.8, 4) is 0 Å². The Morgan fingerprint density at radius 3 is 0.986 bits per heavy atom. The second-order valence-electron chi connectivity index (χ2n) is 22.5. The third kappa shape index (κ3) is 57.6. The van der Waals surface area contributed by atoms with Crippen molar-refractivity contribution >= 4 is 11.9 Å². The average Bonchev–Trinajstić information content (AvgIpc) is 3.38. The fourth-order valence-electron chi connectivity index (χ4n) is 10.2. The Morgan fingerprint density at radius 1 is 0.375 bits per heavy atom. The lowest BCUT2D eigenvalue weighted by Gasteiger charge is -2.20. The van der Waals surface area contributed by atoms with E-state index in [1.54, 1.807) is 6.08 Å². The lowest BCUT2D eigenvalue weighted by atomic mass is 10.0. The number of hydrogen-bond acceptors (Lipinski definition) is 5. The number of allylic oxidation sites excluding steroid dienone is 3. The molecule has 0 aromatic heterocycles. The molecule has 6 heteroatoms. The second-order valence-corrected chi connectivity index (χ2v) is 22.5. The number of rotatable bonds is 61. The highest BCUT2D eigenvalue weighted by Crippen LogP contribution is 2.18. The largest absolute Gasteiger partial charge is 0.466 e. The molecule has 0 aromatic carbocycles. The van der Waals surface area contributed by atoms with Crippen LogP contribution in [0.3, 0.4) is 0 Å². The Bertz CT molecular complexity index is 1120. The van der Waals surface area contributed by atoms with Gasteiger partial charge in [-0.1, -0.05) is 314 Å². The maximum Gasteiger partial charge on any atom is 0.305 e. The number of carbonyl (C=O) groups excluding carboxylic acids is 2. The molecule has 0 aliphatic rings. The van der Waals surface area contributed by atoms with E-state index in [-0.39, 0.29) is 18.5 Å². The van der Waals surface area contributed by atoms with E-state index < -0.39 is 12.1 Å². The molecule has 0 saturated carbocycles. The molecule has 2 unspecified atom stereocenters.